The Kier molecular flexibility index (Phi) is 6.62. The first-order valence-corrected chi connectivity index (χ1v) is 9.96. The molecule has 2 heterocycles. The quantitative estimate of drug-likeness (QED) is 0.283. The monoisotopic (exact) mass is 484 g/mol. The third-order valence-corrected chi connectivity index (χ3v) is 4.77. The maximum atomic E-state index is 13.8. The molecule has 0 radical (unpaired) electrons. The summed E-state index contributed by atoms with van der Waals surface area (Å²) < 4.78 is 43.4. The summed E-state index contributed by atoms with van der Waals surface area (Å²) in [4.78, 5) is 12.5. The van der Waals surface area contributed by atoms with Gasteiger partial charge in [-0.2, -0.15) is 9.78 Å². The molecule has 0 bridgehead atoms. The van der Waals surface area contributed by atoms with Gasteiger partial charge in [0.05, 0.1) is 19.0 Å². The van der Waals surface area contributed by atoms with Gasteiger partial charge in [0, 0.05) is 11.6 Å². The largest absolute Gasteiger partial charge is 0.496 e. The molecule has 4 aromatic rings. The van der Waals surface area contributed by atoms with Gasteiger partial charge in [-0.25, -0.2) is 18.8 Å². The van der Waals surface area contributed by atoms with Crippen molar-refractivity contribution >= 4 is 17.9 Å². The van der Waals surface area contributed by atoms with Crippen LogP contribution in [0.2, 0.25) is 0 Å². The zero-order valence-corrected chi connectivity index (χ0v) is 18.4. The Bertz CT molecular complexity index is 1400. The number of carbonyl (C=O) groups excluding carboxylic acids is 1. The Balaban J connectivity index is 1.44. The maximum Gasteiger partial charge on any atom is 0.293 e. The highest BCUT2D eigenvalue weighted by Gasteiger charge is 2.20. The average molecular weight is 484 g/mol. The van der Waals surface area contributed by atoms with Crippen molar-refractivity contribution in [2.45, 2.75) is 13.5 Å². The highest BCUT2D eigenvalue weighted by molar-refractivity contribution is 5.94. The summed E-state index contributed by atoms with van der Waals surface area (Å²) in [5, 5.41) is 18.6. The number of nitrogen functional groups attached to an aromatic ring is 1. The fraction of sp³-hybridized carbons (Fsp3) is 0.143. The van der Waals surface area contributed by atoms with Crippen LogP contribution in [-0.2, 0) is 6.61 Å². The summed E-state index contributed by atoms with van der Waals surface area (Å²) in [5.41, 5.74) is 9.50. The molecule has 3 N–H and O–H groups in total. The fourth-order valence-corrected chi connectivity index (χ4v) is 3.04. The van der Waals surface area contributed by atoms with Gasteiger partial charge in [-0.05, 0) is 53.1 Å². The molecule has 0 saturated carbocycles. The Labute approximate surface area is 196 Å². The van der Waals surface area contributed by atoms with Gasteiger partial charge in [-0.3, -0.25) is 4.79 Å². The molecule has 1 amide bonds. The van der Waals surface area contributed by atoms with Crippen LogP contribution in [0.1, 0.15) is 27.3 Å². The molecule has 12 nitrogen and oxygen atoms in total. The third kappa shape index (κ3) is 5.05. The lowest BCUT2D eigenvalue weighted by Gasteiger charge is -2.11. The lowest BCUT2D eigenvalue weighted by atomic mass is 10.1. The van der Waals surface area contributed by atoms with Crippen molar-refractivity contribution < 1.29 is 27.7 Å². The number of amides is 1. The van der Waals surface area contributed by atoms with Crippen LogP contribution in [-0.4, -0.2) is 44.5 Å². The number of methoxy groups -OCH3 is 1. The van der Waals surface area contributed by atoms with Crippen LogP contribution >= 0.6 is 0 Å². The molecular weight excluding hydrogens is 466 g/mol. The van der Waals surface area contributed by atoms with Crippen LogP contribution in [0.3, 0.4) is 0 Å². The normalized spacial score (nSPS) is 11.1. The van der Waals surface area contributed by atoms with Crippen LogP contribution in [0.5, 0.6) is 11.5 Å². The summed E-state index contributed by atoms with van der Waals surface area (Å²) in [7, 11) is 1.48. The zero-order chi connectivity index (χ0) is 24.9. The van der Waals surface area contributed by atoms with E-state index in [2.05, 4.69) is 35.8 Å². The molecule has 4 rings (SSSR count). The number of aromatic nitrogens is 5. The van der Waals surface area contributed by atoms with E-state index in [4.69, 9.17) is 15.2 Å². The Morgan fingerprint density at radius 3 is 2.74 bits per heavy atom. The summed E-state index contributed by atoms with van der Waals surface area (Å²) in [6.45, 7) is 1.54. The van der Waals surface area contributed by atoms with Crippen molar-refractivity contribution in [3.8, 4) is 17.3 Å². The molecule has 0 fully saturated rings. The molecule has 0 saturated heterocycles. The van der Waals surface area contributed by atoms with Gasteiger partial charge in [0.2, 0.25) is 11.6 Å². The molecule has 35 heavy (non-hydrogen) atoms. The second-order valence-electron chi connectivity index (χ2n) is 7.04. The molecule has 0 atom stereocenters. The number of hydrogen-bond acceptors (Lipinski definition) is 10. The highest BCUT2D eigenvalue weighted by Crippen LogP contribution is 2.24. The number of nitrogens with one attached hydrogen (secondary N) is 1. The first-order chi connectivity index (χ1) is 16.9. The molecule has 0 unspecified atom stereocenters. The van der Waals surface area contributed by atoms with E-state index in [-0.39, 0.29) is 29.7 Å². The van der Waals surface area contributed by atoms with E-state index < -0.39 is 17.5 Å². The SMILES string of the molecule is COc1ccc(/C=N\NC(=O)c2nnn(-c3nonc3N)c2C)cc1COc1ccc(F)cc1F. The predicted molar refractivity (Wildman–Crippen MR) is 117 cm³/mol. The fourth-order valence-electron chi connectivity index (χ4n) is 3.04. The molecule has 180 valence electrons. The van der Waals surface area contributed by atoms with Gasteiger partial charge in [-0.15, -0.1) is 5.10 Å². The van der Waals surface area contributed by atoms with Crippen molar-refractivity contribution in [3.63, 3.8) is 0 Å². The number of anilines is 1. The topological polar surface area (TPSA) is 156 Å². The second kappa shape index (κ2) is 9.94. The smallest absolute Gasteiger partial charge is 0.293 e. The zero-order valence-electron chi connectivity index (χ0n) is 18.4. The number of ether oxygens (including phenoxy) is 2. The van der Waals surface area contributed by atoms with Crippen molar-refractivity contribution in [2.75, 3.05) is 12.8 Å². The first kappa shape index (κ1) is 23.3. The van der Waals surface area contributed by atoms with E-state index >= 15 is 0 Å². The van der Waals surface area contributed by atoms with E-state index in [0.29, 0.717) is 22.6 Å². The van der Waals surface area contributed by atoms with Gasteiger partial charge < -0.3 is 15.2 Å². The van der Waals surface area contributed by atoms with Crippen LogP contribution in [0.25, 0.3) is 5.82 Å². The van der Waals surface area contributed by atoms with E-state index in [0.717, 1.165) is 12.1 Å². The van der Waals surface area contributed by atoms with Gasteiger partial charge in [-0.1, -0.05) is 5.21 Å². The van der Waals surface area contributed by atoms with Crippen molar-refractivity contribution in [1.82, 2.24) is 30.7 Å². The van der Waals surface area contributed by atoms with Crippen molar-refractivity contribution in [3.05, 3.63) is 70.5 Å². The number of carbonyl (C=O) groups is 1. The lowest BCUT2D eigenvalue weighted by molar-refractivity contribution is 0.0949. The Morgan fingerprint density at radius 2 is 2.03 bits per heavy atom. The molecule has 14 heteroatoms. The van der Waals surface area contributed by atoms with E-state index in [9.17, 15) is 13.6 Å². The van der Waals surface area contributed by atoms with Gasteiger partial charge in [0.15, 0.2) is 17.3 Å². The minimum atomic E-state index is -0.820. The number of halogens is 2. The van der Waals surface area contributed by atoms with Crippen LogP contribution in [0.4, 0.5) is 14.6 Å². The number of rotatable bonds is 8. The number of hydrazone groups is 1. The minimum absolute atomic E-state index is 0.00491. The van der Waals surface area contributed by atoms with E-state index in [1.807, 2.05) is 0 Å². The molecular formula is C21H18F2N8O4. The molecule has 2 aromatic heterocycles. The summed E-state index contributed by atoms with van der Waals surface area (Å²) in [5.74, 6) is -1.67. The van der Waals surface area contributed by atoms with Crippen LogP contribution in [0, 0.1) is 18.6 Å². The van der Waals surface area contributed by atoms with Gasteiger partial charge in [0.1, 0.15) is 18.2 Å². The van der Waals surface area contributed by atoms with Gasteiger partial charge >= 0.3 is 0 Å². The molecule has 0 aliphatic heterocycles. The van der Waals surface area contributed by atoms with E-state index in [1.54, 1.807) is 25.1 Å². The predicted octanol–water partition coefficient (Wildman–Crippen LogP) is 2.17. The number of nitrogens with zero attached hydrogens (tertiary/aromatic N) is 6. The third-order valence-electron chi connectivity index (χ3n) is 4.77. The molecule has 0 spiro atoms. The maximum absolute atomic E-state index is 13.8. The average Bonchev–Trinajstić information content (AvgIpc) is 3.43. The number of hydrogen-bond donors (Lipinski definition) is 2. The number of benzene rings is 2. The second-order valence-corrected chi connectivity index (χ2v) is 7.04. The van der Waals surface area contributed by atoms with Crippen LogP contribution < -0.4 is 20.6 Å². The highest BCUT2D eigenvalue weighted by atomic mass is 19.1. The summed E-state index contributed by atoms with van der Waals surface area (Å²) >= 11 is 0. The standard InChI is InChI=1S/C21H18F2N8O4/c1-11-18(26-30-31(11)20-19(24)28-35-29-20)21(32)27-25-9-12-3-5-16(33-2)13(7-12)10-34-17-6-4-14(22)8-15(17)23/h3-9H,10H2,1-2H3,(H2,24,28)(H,27,32)/b25-9-. The molecule has 0 aliphatic carbocycles. The molecule has 2 aromatic carbocycles. The Morgan fingerprint density at radius 1 is 1.23 bits per heavy atom. The number of nitrogens with two attached hydrogens (primary N) is 1. The van der Waals surface area contributed by atoms with Crippen molar-refractivity contribution in [1.29, 1.82) is 0 Å². The molecule has 0 aliphatic rings. The first-order valence-electron chi connectivity index (χ1n) is 9.96. The Hall–Kier alpha value is -4.88. The van der Waals surface area contributed by atoms with Crippen molar-refractivity contribution in [2.24, 2.45) is 5.10 Å². The summed E-state index contributed by atoms with van der Waals surface area (Å²) in [6.07, 6.45) is 1.39. The minimum Gasteiger partial charge on any atom is -0.496 e. The van der Waals surface area contributed by atoms with Crippen LogP contribution in [0.15, 0.2) is 46.1 Å². The van der Waals surface area contributed by atoms with Gasteiger partial charge in [0.25, 0.3) is 5.91 Å². The van der Waals surface area contributed by atoms with E-state index in [1.165, 1.54) is 24.1 Å². The lowest BCUT2D eigenvalue weighted by Crippen LogP contribution is -2.19. The summed E-state index contributed by atoms with van der Waals surface area (Å²) in [6, 6.07) is 8.06.